The monoisotopic (exact) mass is 346 g/mol. The van der Waals surface area contributed by atoms with Crippen molar-refractivity contribution in [3.63, 3.8) is 0 Å². The van der Waals surface area contributed by atoms with Gasteiger partial charge in [-0.05, 0) is 37.8 Å². The van der Waals surface area contributed by atoms with E-state index >= 15 is 0 Å². The molecular weight excluding hydrogens is 316 g/mol. The molecule has 25 heavy (non-hydrogen) atoms. The molecule has 1 aliphatic heterocycles. The predicted octanol–water partition coefficient (Wildman–Crippen LogP) is 3.26. The van der Waals surface area contributed by atoms with E-state index in [0.717, 1.165) is 0 Å². The van der Waals surface area contributed by atoms with E-state index < -0.39 is 0 Å². The number of esters is 1. The Morgan fingerprint density at radius 2 is 1.88 bits per heavy atom. The lowest BCUT2D eigenvalue weighted by molar-refractivity contribution is -0.149. The van der Waals surface area contributed by atoms with Gasteiger partial charge < -0.3 is 15.0 Å². The molecule has 138 valence electrons. The highest BCUT2D eigenvalue weighted by Crippen LogP contribution is 2.25. The standard InChI is InChI=1S/C20H30N2O3/c1-5-25-18(23)16-10-12-22(13-11-16)19(24)21-14-20(3,4)17-9-7-6-8-15(17)2/h6-9,16H,5,10-14H2,1-4H3,(H,21,24). The van der Waals surface area contributed by atoms with Crippen molar-refractivity contribution >= 4 is 12.0 Å². The van der Waals surface area contributed by atoms with E-state index in [-0.39, 0.29) is 23.3 Å². The van der Waals surface area contributed by atoms with Crippen LogP contribution in [0.3, 0.4) is 0 Å². The Bertz CT molecular complexity index is 605. The third kappa shape index (κ3) is 4.97. The minimum Gasteiger partial charge on any atom is -0.466 e. The largest absolute Gasteiger partial charge is 0.466 e. The van der Waals surface area contributed by atoms with Gasteiger partial charge in [-0.15, -0.1) is 0 Å². The van der Waals surface area contributed by atoms with Crippen LogP contribution in [-0.4, -0.2) is 43.1 Å². The number of piperidine rings is 1. The zero-order valence-corrected chi connectivity index (χ0v) is 15.8. The second-order valence-electron chi connectivity index (χ2n) is 7.37. The van der Waals surface area contributed by atoms with Crippen molar-refractivity contribution in [2.24, 2.45) is 5.92 Å². The molecule has 0 unspecified atom stereocenters. The van der Waals surface area contributed by atoms with Crippen molar-refractivity contribution in [1.29, 1.82) is 0 Å². The van der Waals surface area contributed by atoms with E-state index in [1.54, 1.807) is 4.90 Å². The number of benzene rings is 1. The van der Waals surface area contributed by atoms with E-state index in [4.69, 9.17) is 4.74 Å². The number of aryl methyl sites for hydroxylation is 1. The molecule has 1 N–H and O–H groups in total. The molecule has 1 aliphatic rings. The Kier molecular flexibility index (Phi) is 6.45. The summed E-state index contributed by atoms with van der Waals surface area (Å²) in [7, 11) is 0. The third-order valence-corrected chi connectivity index (χ3v) is 4.96. The number of hydrogen-bond acceptors (Lipinski definition) is 3. The van der Waals surface area contributed by atoms with Crippen molar-refractivity contribution < 1.29 is 14.3 Å². The molecular formula is C20H30N2O3. The summed E-state index contributed by atoms with van der Waals surface area (Å²) in [6.45, 7) is 10.4. The highest BCUT2D eigenvalue weighted by atomic mass is 16.5. The first-order valence-electron chi connectivity index (χ1n) is 9.10. The van der Waals surface area contributed by atoms with Crippen molar-refractivity contribution in [2.45, 2.75) is 46.0 Å². The van der Waals surface area contributed by atoms with Crippen LogP contribution in [-0.2, 0) is 14.9 Å². The average Bonchev–Trinajstić information content (AvgIpc) is 2.60. The smallest absolute Gasteiger partial charge is 0.317 e. The topological polar surface area (TPSA) is 58.6 Å². The summed E-state index contributed by atoms with van der Waals surface area (Å²) in [6, 6.07) is 8.22. The zero-order chi connectivity index (χ0) is 18.4. The maximum absolute atomic E-state index is 12.5. The number of nitrogens with zero attached hydrogens (tertiary/aromatic N) is 1. The van der Waals surface area contributed by atoms with Gasteiger partial charge in [0.05, 0.1) is 12.5 Å². The number of hydrogen-bond donors (Lipinski definition) is 1. The molecule has 5 nitrogen and oxygen atoms in total. The number of carbonyl (C=O) groups excluding carboxylic acids is 2. The van der Waals surface area contributed by atoms with Gasteiger partial charge in [-0.1, -0.05) is 38.1 Å². The van der Waals surface area contributed by atoms with Gasteiger partial charge in [0.25, 0.3) is 0 Å². The highest BCUT2D eigenvalue weighted by molar-refractivity contribution is 5.76. The van der Waals surface area contributed by atoms with Crippen LogP contribution in [0.4, 0.5) is 4.79 Å². The van der Waals surface area contributed by atoms with E-state index in [1.807, 2.05) is 19.1 Å². The fourth-order valence-corrected chi connectivity index (χ4v) is 3.41. The second-order valence-corrected chi connectivity index (χ2v) is 7.37. The average molecular weight is 346 g/mol. The number of amides is 2. The van der Waals surface area contributed by atoms with Gasteiger partial charge in [-0.25, -0.2) is 4.79 Å². The first kappa shape index (κ1) is 19.3. The van der Waals surface area contributed by atoms with Crippen LogP contribution in [0.15, 0.2) is 24.3 Å². The van der Waals surface area contributed by atoms with Gasteiger partial charge in [0, 0.05) is 25.0 Å². The molecule has 1 fully saturated rings. The lowest BCUT2D eigenvalue weighted by Crippen LogP contribution is -2.48. The molecule has 0 atom stereocenters. The fraction of sp³-hybridized carbons (Fsp3) is 0.600. The Morgan fingerprint density at radius 1 is 1.24 bits per heavy atom. The summed E-state index contributed by atoms with van der Waals surface area (Å²) in [6.07, 6.45) is 1.35. The minimum atomic E-state index is -0.136. The summed E-state index contributed by atoms with van der Waals surface area (Å²) in [5.74, 6) is -0.212. The van der Waals surface area contributed by atoms with Crippen LogP contribution in [0.2, 0.25) is 0 Å². The SMILES string of the molecule is CCOC(=O)C1CCN(C(=O)NCC(C)(C)c2ccccc2C)CC1. The summed E-state index contributed by atoms with van der Waals surface area (Å²) < 4.78 is 5.07. The molecule has 1 saturated heterocycles. The van der Waals surface area contributed by atoms with Gasteiger partial charge >= 0.3 is 12.0 Å². The van der Waals surface area contributed by atoms with E-state index in [1.165, 1.54) is 11.1 Å². The van der Waals surface area contributed by atoms with Crippen LogP contribution < -0.4 is 5.32 Å². The Balaban J connectivity index is 1.85. The van der Waals surface area contributed by atoms with Gasteiger partial charge in [0.15, 0.2) is 0 Å². The fourth-order valence-electron chi connectivity index (χ4n) is 3.41. The Labute approximate surface area is 150 Å². The van der Waals surface area contributed by atoms with Crippen molar-refractivity contribution in [2.75, 3.05) is 26.2 Å². The maximum Gasteiger partial charge on any atom is 0.317 e. The molecule has 1 aromatic rings. The van der Waals surface area contributed by atoms with Crippen LogP contribution in [0.5, 0.6) is 0 Å². The van der Waals surface area contributed by atoms with Crippen molar-refractivity contribution in [3.8, 4) is 0 Å². The molecule has 5 heteroatoms. The minimum absolute atomic E-state index is 0.0519. The molecule has 0 saturated carbocycles. The van der Waals surface area contributed by atoms with Gasteiger partial charge in [-0.2, -0.15) is 0 Å². The normalized spacial score (nSPS) is 15.8. The molecule has 0 spiro atoms. The number of carbonyl (C=O) groups is 2. The number of ether oxygens (including phenoxy) is 1. The molecule has 2 rings (SSSR count). The summed E-state index contributed by atoms with van der Waals surface area (Å²) >= 11 is 0. The predicted molar refractivity (Wildman–Crippen MR) is 98.5 cm³/mol. The maximum atomic E-state index is 12.5. The van der Waals surface area contributed by atoms with E-state index in [2.05, 4.69) is 38.2 Å². The lowest BCUT2D eigenvalue weighted by Gasteiger charge is -2.33. The molecule has 1 heterocycles. The Morgan fingerprint density at radius 3 is 2.48 bits per heavy atom. The van der Waals surface area contributed by atoms with Gasteiger partial charge in [0.1, 0.15) is 0 Å². The quantitative estimate of drug-likeness (QED) is 0.833. The second kappa shape index (κ2) is 8.37. The van der Waals surface area contributed by atoms with Crippen molar-refractivity contribution in [1.82, 2.24) is 10.2 Å². The lowest BCUT2D eigenvalue weighted by atomic mass is 9.82. The van der Waals surface area contributed by atoms with E-state index in [9.17, 15) is 9.59 Å². The molecule has 0 radical (unpaired) electrons. The third-order valence-electron chi connectivity index (χ3n) is 4.96. The molecule has 0 aromatic heterocycles. The number of likely N-dealkylation sites (tertiary alicyclic amines) is 1. The number of rotatable bonds is 5. The van der Waals surface area contributed by atoms with Crippen LogP contribution in [0.25, 0.3) is 0 Å². The molecule has 0 aliphatic carbocycles. The molecule has 1 aromatic carbocycles. The molecule has 0 bridgehead atoms. The zero-order valence-electron chi connectivity index (χ0n) is 15.8. The van der Waals surface area contributed by atoms with Crippen LogP contribution in [0.1, 0.15) is 44.7 Å². The summed E-state index contributed by atoms with van der Waals surface area (Å²) in [5, 5.41) is 3.06. The van der Waals surface area contributed by atoms with Gasteiger partial charge in [0.2, 0.25) is 0 Å². The van der Waals surface area contributed by atoms with E-state index in [0.29, 0.717) is 39.1 Å². The highest BCUT2D eigenvalue weighted by Gasteiger charge is 2.29. The summed E-state index contributed by atoms with van der Waals surface area (Å²) in [4.78, 5) is 26.0. The number of nitrogens with one attached hydrogen (secondary N) is 1. The first-order chi connectivity index (χ1) is 11.8. The molecule has 2 amide bonds. The van der Waals surface area contributed by atoms with Crippen LogP contribution in [0, 0.1) is 12.8 Å². The number of urea groups is 1. The van der Waals surface area contributed by atoms with Gasteiger partial charge in [-0.3, -0.25) is 4.79 Å². The Hall–Kier alpha value is -2.04. The summed E-state index contributed by atoms with van der Waals surface area (Å²) in [5.41, 5.74) is 2.35. The van der Waals surface area contributed by atoms with Crippen molar-refractivity contribution in [3.05, 3.63) is 35.4 Å². The van der Waals surface area contributed by atoms with Crippen LogP contribution >= 0.6 is 0 Å². The first-order valence-corrected chi connectivity index (χ1v) is 9.10.